The highest BCUT2D eigenvalue weighted by molar-refractivity contribution is 6.03. The molecule has 0 aliphatic heterocycles. The number of ketones is 1. The van der Waals surface area contributed by atoms with Gasteiger partial charge in [-0.25, -0.2) is 4.79 Å². The number of phenols is 2. The fourth-order valence-corrected chi connectivity index (χ4v) is 2.48. The molecule has 0 aliphatic carbocycles. The number of carbonyl (C=O) groups excluding carboxylic acids is 2. The normalized spacial score (nSPS) is 11.7. The number of hydrogen-bond acceptors (Lipinski definition) is 7. The van der Waals surface area contributed by atoms with Crippen molar-refractivity contribution in [3.8, 4) is 17.2 Å². The highest BCUT2D eigenvalue weighted by Gasteiger charge is 2.08. The van der Waals surface area contributed by atoms with Gasteiger partial charge in [-0.1, -0.05) is 30.9 Å². The Morgan fingerprint density at radius 1 is 1.00 bits per heavy atom. The molecule has 0 radical (unpaired) electrons. The number of phenolic OH excluding ortho intramolecular Hbond substituents is 1. The highest BCUT2D eigenvalue weighted by Crippen LogP contribution is 2.26. The molecule has 32 heavy (non-hydrogen) atoms. The van der Waals surface area contributed by atoms with E-state index in [1.807, 2.05) is 0 Å². The number of esters is 1. The second-order valence-electron chi connectivity index (χ2n) is 6.76. The van der Waals surface area contributed by atoms with Crippen molar-refractivity contribution in [2.45, 2.75) is 13.5 Å². The maximum Gasteiger partial charge on any atom is 0.338 e. The summed E-state index contributed by atoms with van der Waals surface area (Å²) < 4.78 is 10.3. The fraction of sp³-hybridized carbons (Fsp3) is 0.120. The van der Waals surface area contributed by atoms with Crippen LogP contribution in [0.15, 0.2) is 72.5 Å². The van der Waals surface area contributed by atoms with Gasteiger partial charge in [0.2, 0.25) is 0 Å². The van der Waals surface area contributed by atoms with E-state index in [1.165, 1.54) is 44.4 Å². The summed E-state index contributed by atoms with van der Waals surface area (Å²) in [6.45, 7) is 4.67. The first kappa shape index (κ1) is 24.2. The van der Waals surface area contributed by atoms with Crippen molar-refractivity contribution >= 4 is 23.9 Å². The van der Waals surface area contributed by atoms with Crippen molar-refractivity contribution in [3.63, 3.8) is 0 Å². The van der Waals surface area contributed by atoms with E-state index in [0.717, 1.165) is 6.08 Å². The standard InChI is InChI=1S/C25H24O7/c1-16(2)25(30)32-21(9-5-17-6-10-22(28)19(12-17)15-26)14-20(27)8-4-18-7-11-23(29)24(13-18)31-3/h4-14,26,28-29H,1,15H2,2-3H3/b8-4+,9-5+,21-14-. The fourth-order valence-electron chi connectivity index (χ4n) is 2.48. The molecule has 0 atom stereocenters. The van der Waals surface area contributed by atoms with Crippen LogP contribution < -0.4 is 4.74 Å². The molecule has 0 unspecified atom stereocenters. The topological polar surface area (TPSA) is 113 Å². The molecule has 0 amide bonds. The number of hydrogen-bond donors (Lipinski definition) is 3. The molecule has 7 nitrogen and oxygen atoms in total. The first-order chi connectivity index (χ1) is 15.2. The van der Waals surface area contributed by atoms with Crippen LogP contribution >= 0.6 is 0 Å². The Kier molecular flexibility index (Phi) is 8.56. The van der Waals surface area contributed by atoms with Crippen molar-refractivity contribution in [2.24, 2.45) is 0 Å². The third-order valence-corrected chi connectivity index (χ3v) is 4.20. The molecule has 2 aromatic rings. The molecule has 2 aromatic carbocycles. The van der Waals surface area contributed by atoms with Crippen LogP contribution in [0.3, 0.4) is 0 Å². The van der Waals surface area contributed by atoms with Crippen molar-refractivity contribution in [3.05, 3.63) is 89.2 Å². The molecule has 0 aromatic heterocycles. The summed E-state index contributed by atoms with van der Waals surface area (Å²) >= 11 is 0. The number of ether oxygens (including phenoxy) is 2. The molecular weight excluding hydrogens is 412 g/mol. The average Bonchev–Trinajstić information content (AvgIpc) is 2.77. The molecule has 166 valence electrons. The Labute approximate surface area is 185 Å². The van der Waals surface area contributed by atoms with Crippen LogP contribution in [0.4, 0.5) is 0 Å². The van der Waals surface area contributed by atoms with Crippen LogP contribution in [-0.2, 0) is 20.9 Å². The Balaban J connectivity index is 2.27. The number of allylic oxidation sites excluding steroid dienone is 3. The van der Waals surface area contributed by atoms with Gasteiger partial charge < -0.3 is 24.8 Å². The number of aromatic hydroxyl groups is 2. The van der Waals surface area contributed by atoms with Crippen LogP contribution in [0.25, 0.3) is 12.2 Å². The second kappa shape index (κ2) is 11.3. The molecule has 0 fully saturated rings. The van der Waals surface area contributed by atoms with Crippen LogP contribution in [0, 0.1) is 0 Å². The van der Waals surface area contributed by atoms with E-state index in [4.69, 9.17) is 9.47 Å². The second-order valence-corrected chi connectivity index (χ2v) is 6.76. The molecule has 3 N–H and O–H groups in total. The molecule has 7 heteroatoms. The number of carbonyl (C=O) groups is 2. The zero-order valence-corrected chi connectivity index (χ0v) is 17.7. The van der Waals surface area contributed by atoms with E-state index in [9.17, 15) is 24.9 Å². The highest BCUT2D eigenvalue weighted by atomic mass is 16.5. The maximum atomic E-state index is 12.4. The maximum absolute atomic E-state index is 12.4. The average molecular weight is 436 g/mol. The van der Waals surface area contributed by atoms with Gasteiger partial charge in [-0.15, -0.1) is 0 Å². The van der Waals surface area contributed by atoms with Gasteiger partial charge >= 0.3 is 5.97 Å². The van der Waals surface area contributed by atoms with Gasteiger partial charge in [-0.05, 0) is 54.5 Å². The summed E-state index contributed by atoms with van der Waals surface area (Å²) in [7, 11) is 1.42. The van der Waals surface area contributed by atoms with E-state index >= 15 is 0 Å². The number of methoxy groups -OCH3 is 1. The van der Waals surface area contributed by atoms with Gasteiger partial charge in [0.15, 0.2) is 17.3 Å². The van der Waals surface area contributed by atoms with Gasteiger partial charge in [-0.2, -0.15) is 0 Å². The van der Waals surface area contributed by atoms with Gasteiger partial charge in [0.25, 0.3) is 0 Å². The quantitative estimate of drug-likeness (QED) is 0.236. The van der Waals surface area contributed by atoms with E-state index in [-0.39, 0.29) is 35.2 Å². The molecule has 2 rings (SSSR count). The molecular formula is C25H24O7. The van der Waals surface area contributed by atoms with Crippen molar-refractivity contribution < 1.29 is 34.4 Å². The predicted octanol–water partition coefficient (Wildman–Crippen LogP) is 3.90. The lowest BCUT2D eigenvalue weighted by Crippen LogP contribution is -2.05. The third kappa shape index (κ3) is 7.00. The summed E-state index contributed by atoms with van der Waals surface area (Å²) in [5.74, 6) is -0.954. The molecule has 0 heterocycles. The molecule has 0 aliphatic rings. The first-order valence-corrected chi connectivity index (χ1v) is 9.52. The van der Waals surface area contributed by atoms with E-state index in [2.05, 4.69) is 6.58 Å². The van der Waals surface area contributed by atoms with Crippen molar-refractivity contribution in [1.29, 1.82) is 0 Å². The van der Waals surface area contributed by atoms with Gasteiger partial charge in [0.1, 0.15) is 11.5 Å². The third-order valence-electron chi connectivity index (χ3n) is 4.20. The summed E-state index contributed by atoms with van der Waals surface area (Å²) in [4.78, 5) is 24.3. The number of aliphatic hydroxyl groups is 1. The summed E-state index contributed by atoms with van der Waals surface area (Å²) in [5.41, 5.74) is 1.73. The Morgan fingerprint density at radius 3 is 2.25 bits per heavy atom. The Morgan fingerprint density at radius 2 is 1.62 bits per heavy atom. The molecule has 0 spiro atoms. The first-order valence-electron chi connectivity index (χ1n) is 9.52. The summed E-state index contributed by atoms with van der Waals surface area (Å²) in [5, 5.41) is 28.6. The molecule has 0 saturated carbocycles. The minimum atomic E-state index is -0.692. The largest absolute Gasteiger partial charge is 0.508 e. The van der Waals surface area contributed by atoms with Gasteiger partial charge in [0, 0.05) is 17.2 Å². The lowest BCUT2D eigenvalue weighted by Gasteiger charge is -2.05. The van der Waals surface area contributed by atoms with Crippen LogP contribution in [0.2, 0.25) is 0 Å². The van der Waals surface area contributed by atoms with Gasteiger partial charge in [-0.3, -0.25) is 4.79 Å². The van der Waals surface area contributed by atoms with Crippen LogP contribution in [-0.4, -0.2) is 34.2 Å². The number of rotatable bonds is 9. The molecule has 0 bridgehead atoms. The van der Waals surface area contributed by atoms with Crippen LogP contribution in [0.1, 0.15) is 23.6 Å². The van der Waals surface area contributed by atoms with E-state index < -0.39 is 11.8 Å². The zero-order valence-electron chi connectivity index (χ0n) is 17.7. The lowest BCUT2D eigenvalue weighted by atomic mass is 10.1. The molecule has 0 saturated heterocycles. The van der Waals surface area contributed by atoms with E-state index in [0.29, 0.717) is 16.7 Å². The zero-order chi connectivity index (χ0) is 23.7. The monoisotopic (exact) mass is 436 g/mol. The van der Waals surface area contributed by atoms with E-state index in [1.54, 1.807) is 30.3 Å². The summed E-state index contributed by atoms with van der Waals surface area (Å²) in [6, 6.07) is 9.20. The van der Waals surface area contributed by atoms with Crippen molar-refractivity contribution in [2.75, 3.05) is 7.11 Å². The summed E-state index contributed by atoms with van der Waals surface area (Å²) in [6.07, 6.45) is 6.93. The van der Waals surface area contributed by atoms with Crippen molar-refractivity contribution in [1.82, 2.24) is 0 Å². The predicted molar refractivity (Wildman–Crippen MR) is 121 cm³/mol. The smallest absolute Gasteiger partial charge is 0.338 e. The van der Waals surface area contributed by atoms with Crippen LogP contribution in [0.5, 0.6) is 17.2 Å². The minimum absolute atomic E-state index is 0.0189. The lowest BCUT2D eigenvalue weighted by molar-refractivity contribution is -0.134. The SMILES string of the molecule is C=C(C)C(=O)OC(=C\C(=O)/C=C/c1ccc(O)c(OC)c1)/C=C/c1ccc(O)c(CO)c1. The van der Waals surface area contributed by atoms with Gasteiger partial charge in [0.05, 0.1) is 13.7 Å². The number of benzene rings is 2. The minimum Gasteiger partial charge on any atom is -0.508 e. The Bertz CT molecular complexity index is 1110. The number of aliphatic hydroxyl groups excluding tert-OH is 1. The Hall–Kier alpha value is -4.10.